The number of hydrogen-bond acceptors (Lipinski definition) is 2. The molecule has 0 heterocycles. The Morgan fingerprint density at radius 1 is 1.03 bits per heavy atom. The minimum absolute atomic E-state index is 0.101. The van der Waals surface area contributed by atoms with Crippen molar-refractivity contribution in [3.63, 3.8) is 0 Å². The second-order valence-corrected chi connectivity index (χ2v) is 12.6. The Bertz CT molecular complexity index is 612. The van der Waals surface area contributed by atoms with Gasteiger partial charge in [-0.15, -0.1) is 0 Å². The smallest absolute Gasteiger partial charge is 0.133 e. The number of rotatable bonds is 5. The topological polar surface area (TPSA) is 37.3 Å². The van der Waals surface area contributed by atoms with Crippen LogP contribution in [0.2, 0.25) is 0 Å². The summed E-state index contributed by atoms with van der Waals surface area (Å²) in [5.41, 5.74) is 0.671. The number of aliphatic hydroxyl groups excluding tert-OH is 1. The van der Waals surface area contributed by atoms with Gasteiger partial charge in [-0.2, -0.15) is 0 Å². The Morgan fingerprint density at radius 2 is 1.79 bits per heavy atom. The molecule has 9 atom stereocenters. The maximum atomic E-state index is 12.1. The van der Waals surface area contributed by atoms with Gasteiger partial charge in [0.05, 0.1) is 6.10 Å². The van der Waals surface area contributed by atoms with Crippen molar-refractivity contribution in [3.05, 3.63) is 0 Å². The van der Waals surface area contributed by atoms with Crippen molar-refractivity contribution in [2.24, 2.45) is 52.3 Å². The SMILES string of the molecule is CC(C)CCC[C@@H](C)[C@H]1C[C@H](O)[C@H]2[C@@H]3CCC4CC(=O)CC[C@]4(C)[C@H]3CC[C@@]21C. The fourth-order valence-electron chi connectivity index (χ4n) is 9.09. The summed E-state index contributed by atoms with van der Waals surface area (Å²) in [5, 5.41) is 11.3. The molecule has 4 fully saturated rings. The molecule has 4 aliphatic carbocycles. The first-order chi connectivity index (χ1) is 13.7. The maximum absolute atomic E-state index is 12.1. The summed E-state index contributed by atoms with van der Waals surface area (Å²) in [6.07, 6.45) is 12.8. The third-order valence-electron chi connectivity index (χ3n) is 10.7. The quantitative estimate of drug-likeness (QED) is 0.559. The highest BCUT2D eigenvalue weighted by Gasteiger charge is 2.63. The summed E-state index contributed by atoms with van der Waals surface area (Å²) in [5.74, 6) is 5.25. The third-order valence-corrected chi connectivity index (χ3v) is 10.7. The van der Waals surface area contributed by atoms with Crippen LogP contribution in [-0.2, 0) is 4.79 Å². The molecule has 4 saturated carbocycles. The number of Topliss-reactive ketones (excluding diaryl/α,β-unsaturated/α-hetero) is 1. The number of carbonyl (C=O) groups excluding carboxylic acids is 1. The van der Waals surface area contributed by atoms with Gasteiger partial charge in [-0.3, -0.25) is 4.79 Å². The molecule has 1 unspecified atom stereocenters. The molecule has 0 saturated heterocycles. The third kappa shape index (κ3) is 3.64. The van der Waals surface area contributed by atoms with Crippen LogP contribution in [0.25, 0.3) is 0 Å². The fourth-order valence-corrected chi connectivity index (χ4v) is 9.09. The van der Waals surface area contributed by atoms with Gasteiger partial charge in [0.1, 0.15) is 5.78 Å². The lowest BCUT2D eigenvalue weighted by Gasteiger charge is -2.60. The molecule has 29 heavy (non-hydrogen) atoms. The molecular weight excluding hydrogens is 356 g/mol. The normalized spacial score (nSPS) is 48.2. The van der Waals surface area contributed by atoms with Crippen molar-refractivity contribution >= 4 is 5.78 Å². The molecule has 166 valence electrons. The van der Waals surface area contributed by atoms with Crippen molar-refractivity contribution < 1.29 is 9.90 Å². The van der Waals surface area contributed by atoms with Gasteiger partial charge in [-0.05, 0) is 90.8 Å². The lowest BCUT2D eigenvalue weighted by molar-refractivity contribution is -0.146. The largest absolute Gasteiger partial charge is 0.393 e. The molecule has 0 aromatic carbocycles. The van der Waals surface area contributed by atoms with Crippen molar-refractivity contribution in [2.75, 3.05) is 0 Å². The van der Waals surface area contributed by atoms with Gasteiger partial charge < -0.3 is 5.11 Å². The van der Waals surface area contributed by atoms with Crippen molar-refractivity contribution in [3.8, 4) is 0 Å². The van der Waals surface area contributed by atoms with Crippen molar-refractivity contribution in [1.29, 1.82) is 0 Å². The van der Waals surface area contributed by atoms with E-state index in [2.05, 4.69) is 34.6 Å². The van der Waals surface area contributed by atoms with Crippen LogP contribution >= 0.6 is 0 Å². The van der Waals surface area contributed by atoms with Crippen LogP contribution in [0, 0.1) is 52.3 Å². The summed E-state index contributed by atoms with van der Waals surface area (Å²) in [7, 11) is 0. The van der Waals surface area contributed by atoms with Gasteiger partial charge in [0.2, 0.25) is 0 Å². The van der Waals surface area contributed by atoms with E-state index in [4.69, 9.17) is 0 Å². The molecule has 4 rings (SSSR count). The van der Waals surface area contributed by atoms with Crippen LogP contribution in [0.15, 0.2) is 0 Å². The van der Waals surface area contributed by atoms with E-state index < -0.39 is 0 Å². The van der Waals surface area contributed by atoms with Gasteiger partial charge >= 0.3 is 0 Å². The zero-order valence-electron chi connectivity index (χ0n) is 19.8. The van der Waals surface area contributed by atoms with E-state index in [0.29, 0.717) is 40.3 Å². The summed E-state index contributed by atoms with van der Waals surface area (Å²) in [6.45, 7) is 12.2. The van der Waals surface area contributed by atoms with E-state index >= 15 is 0 Å². The molecule has 0 aromatic heterocycles. The van der Waals surface area contributed by atoms with Crippen LogP contribution in [0.3, 0.4) is 0 Å². The van der Waals surface area contributed by atoms with E-state index in [1.165, 1.54) is 44.9 Å². The van der Waals surface area contributed by atoms with E-state index in [-0.39, 0.29) is 6.10 Å². The minimum Gasteiger partial charge on any atom is -0.393 e. The van der Waals surface area contributed by atoms with E-state index in [1.807, 2.05) is 0 Å². The Balaban J connectivity index is 1.51. The molecule has 0 radical (unpaired) electrons. The number of fused-ring (bicyclic) bond motifs is 5. The van der Waals surface area contributed by atoms with Crippen LogP contribution in [0.5, 0.6) is 0 Å². The highest BCUT2D eigenvalue weighted by molar-refractivity contribution is 5.79. The predicted molar refractivity (Wildman–Crippen MR) is 119 cm³/mol. The molecule has 0 aliphatic heterocycles. The van der Waals surface area contributed by atoms with Gasteiger partial charge in [0.15, 0.2) is 0 Å². The molecule has 1 N–H and O–H groups in total. The highest BCUT2D eigenvalue weighted by atomic mass is 16.3. The minimum atomic E-state index is -0.101. The second kappa shape index (κ2) is 7.95. The standard InChI is InChI=1S/C27H46O2/c1-17(2)7-6-8-18(3)23-16-24(29)25-21-10-9-19-15-20(28)11-13-26(19,4)22(21)12-14-27(23,25)5/h17-19,21-25,29H,6-16H2,1-5H3/t18-,19?,21-,22+,23-,24+,25-,26+,27-/m1/s1. The first-order valence-corrected chi connectivity index (χ1v) is 12.9. The molecule has 0 aromatic rings. The molecule has 4 aliphatic rings. The number of hydrogen-bond donors (Lipinski definition) is 1. The first kappa shape index (κ1) is 21.8. The monoisotopic (exact) mass is 402 g/mol. The van der Waals surface area contributed by atoms with Gasteiger partial charge in [0.25, 0.3) is 0 Å². The van der Waals surface area contributed by atoms with Crippen LogP contribution in [0.4, 0.5) is 0 Å². The number of carbonyl (C=O) groups is 1. The second-order valence-electron chi connectivity index (χ2n) is 12.6. The van der Waals surface area contributed by atoms with E-state index in [0.717, 1.165) is 43.4 Å². The van der Waals surface area contributed by atoms with E-state index in [9.17, 15) is 9.90 Å². The van der Waals surface area contributed by atoms with Crippen molar-refractivity contribution in [2.45, 2.75) is 111 Å². The first-order valence-electron chi connectivity index (χ1n) is 12.9. The summed E-state index contributed by atoms with van der Waals surface area (Å²) in [4.78, 5) is 12.1. The fraction of sp³-hybridized carbons (Fsp3) is 0.963. The van der Waals surface area contributed by atoms with Gasteiger partial charge in [-0.25, -0.2) is 0 Å². The molecule has 2 nitrogen and oxygen atoms in total. The van der Waals surface area contributed by atoms with Crippen molar-refractivity contribution in [1.82, 2.24) is 0 Å². The Kier molecular flexibility index (Phi) is 5.99. The molecule has 0 amide bonds. The summed E-state index contributed by atoms with van der Waals surface area (Å²) < 4.78 is 0. The molecule has 2 heteroatoms. The predicted octanol–water partition coefficient (Wildman–Crippen LogP) is 6.65. The zero-order valence-corrected chi connectivity index (χ0v) is 19.8. The lowest BCUT2D eigenvalue weighted by atomic mass is 9.44. The Morgan fingerprint density at radius 3 is 2.52 bits per heavy atom. The average Bonchev–Trinajstić information content (AvgIpc) is 2.93. The maximum Gasteiger partial charge on any atom is 0.133 e. The van der Waals surface area contributed by atoms with Gasteiger partial charge in [0, 0.05) is 12.8 Å². The lowest BCUT2D eigenvalue weighted by Crippen LogP contribution is -2.55. The van der Waals surface area contributed by atoms with Gasteiger partial charge in [-0.1, -0.05) is 53.9 Å². The zero-order chi connectivity index (χ0) is 21.0. The summed E-state index contributed by atoms with van der Waals surface area (Å²) >= 11 is 0. The van der Waals surface area contributed by atoms with E-state index in [1.54, 1.807) is 0 Å². The van der Waals surface area contributed by atoms with Crippen LogP contribution in [-0.4, -0.2) is 17.0 Å². The molecule has 0 bridgehead atoms. The molecule has 0 spiro atoms. The number of ketones is 1. The summed E-state index contributed by atoms with van der Waals surface area (Å²) in [6, 6.07) is 0. The van der Waals surface area contributed by atoms with Crippen LogP contribution < -0.4 is 0 Å². The number of aliphatic hydroxyl groups is 1. The Labute approximate surface area is 179 Å². The highest BCUT2D eigenvalue weighted by Crippen LogP contribution is 2.68. The Hall–Kier alpha value is -0.370. The van der Waals surface area contributed by atoms with Crippen LogP contribution in [0.1, 0.15) is 105 Å². The molecular formula is C27H46O2. The average molecular weight is 403 g/mol.